The molecule has 0 saturated carbocycles. The van der Waals surface area contributed by atoms with Crippen molar-refractivity contribution in [3.05, 3.63) is 60.2 Å². The van der Waals surface area contributed by atoms with E-state index in [2.05, 4.69) is 10.0 Å². The van der Waals surface area contributed by atoms with Crippen LogP contribution in [0, 0.1) is 0 Å². The lowest BCUT2D eigenvalue weighted by molar-refractivity contribution is 0.0757. The van der Waals surface area contributed by atoms with Crippen LogP contribution in [-0.4, -0.2) is 33.6 Å². The number of nitrogens with one attached hydrogen (secondary N) is 2. The molecule has 0 fully saturated rings. The first kappa shape index (κ1) is 19.9. The molecule has 0 aromatic heterocycles. The van der Waals surface area contributed by atoms with Crippen molar-refractivity contribution >= 4 is 21.6 Å². The second-order valence-corrected chi connectivity index (χ2v) is 7.71. The highest BCUT2D eigenvalue weighted by Gasteiger charge is 2.15. The Balaban J connectivity index is 1.91. The first-order valence-corrected chi connectivity index (χ1v) is 9.94. The minimum absolute atomic E-state index is 0.100. The van der Waals surface area contributed by atoms with Crippen LogP contribution in [0.25, 0.3) is 0 Å². The number of ether oxygens (including phenoxy) is 1. The number of carbonyl (C=O) groups excluding carboxylic acids is 1. The molecule has 2 rings (SSSR count). The summed E-state index contributed by atoms with van der Waals surface area (Å²) in [7, 11) is -3.69. The Labute approximate surface area is 154 Å². The van der Waals surface area contributed by atoms with Crippen LogP contribution in [0.5, 0.6) is 0 Å². The van der Waals surface area contributed by atoms with Gasteiger partial charge in [0.2, 0.25) is 0 Å². The van der Waals surface area contributed by atoms with Gasteiger partial charge in [0.25, 0.3) is 15.9 Å². The van der Waals surface area contributed by atoms with Gasteiger partial charge in [0.05, 0.1) is 11.0 Å². The van der Waals surface area contributed by atoms with Crippen molar-refractivity contribution in [2.45, 2.75) is 31.3 Å². The number of hydrogen-bond donors (Lipinski definition) is 2. The summed E-state index contributed by atoms with van der Waals surface area (Å²) in [6.45, 7) is 5.00. The minimum atomic E-state index is -3.69. The average Bonchev–Trinajstić information content (AvgIpc) is 2.61. The van der Waals surface area contributed by atoms with Crippen LogP contribution < -0.4 is 10.0 Å². The minimum Gasteiger partial charge on any atom is -0.379 e. The molecule has 26 heavy (non-hydrogen) atoms. The molecule has 0 radical (unpaired) electrons. The first-order valence-electron chi connectivity index (χ1n) is 8.46. The highest BCUT2D eigenvalue weighted by Crippen LogP contribution is 2.16. The van der Waals surface area contributed by atoms with Crippen molar-refractivity contribution in [1.82, 2.24) is 5.32 Å². The Hall–Kier alpha value is -2.38. The van der Waals surface area contributed by atoms with Gasteiger partial charge >= 0.3 is 0 Å². The molecule has 0 bridgehead atoms. The maximum atomic E-state index is 12.4. The van der Waals surface area contributed by atoms with E-state index in [1.165, 1.54) is 24.3 Å². The lowest BCUT2D eigenvalue weighted by Gasteiger charge is -2.10. The van der Waals surface area contributed by atoms with Gasteiger partial charge in [-0.25, -0.2) is 8.42 Å². The van der Waals surface area contributed by atoms with Crippen molar-refractivity contribution in [2.24, 2.45) is 0 Å². The molecule has 140 valence electrons. The Morgan fingerprint density at radius 2 is 1.69 bits per heavy atom. The van der Waals surface area contributed by atoms with Crippen LogP contribution in [0.3, 0.4) is 0 Å². The van der Waals surface area contributed by atoms with E-state index in [4.69, 9.17) is 4.74 Å². The third kappa shape index (κ3) is 6.16. The monoisotopic (exact) mass is 376 g/mol. The second kappa shape index (κ2) is 9.35. The summed E-state index contributed by atoms with van der Waals surface area (Å²) in [5.74, 6) is -0.241. The van der Waals surface area contributed by atoms with Crippen molar-refractivity contribution in [3.63, 3.8) is 0 Å². The number of para-hydroxylation sites is 1. The number of amides is 1. The predicted octanol–water partition coefficient (Wildman–Crippen LogP) is 3.03. The molecule has 6 nitrogen and oxygen atoms in total. The predicted molar refractivity (Wildman–Crippen MR) is 102 cm³/mol. The maximum Gasteiger partial charge on any atom is 0.261 e. The standard InChI is InChI=1S/C19H24N2O4S/c1-15(2)25-14-6-13-20-19(22)16-9-11-18(12-10-16)26(23,24)21-17-7-4-3-5-8-17/h3-5,7-12,15,21H,6,13-14H2,1-2H3,(H,20,22). The molecule has 0 aliphatic carbocycles. The average molecular weight is 376 g/mol. The SMILES string of the molecule is CC(C)OCCCNC(=O)c1ccc(S(=O)(=O)Nc2ccccc2)cc1. The fourth-order valence-corrected chi connectivity index (χ4v) is 3.26. The van der Waals surface area contributed by atoms with Crippen LogP contribution in [-0.2, 0) is 14.8 Å². The number of sulfonamides is 1. The Kier molecular flexibility index (Phi) is 7.17. The molecule has 0 atom stereocenters. The van der Waals surface area contributed by atoms with E-state index in [1.807, 2.05) is 13.8 Å². The molecule has 0 saturated heterocycles. The molecule has 0 aliphatic rings. The van der Waals surface area contributed by atoms with Crippen LogP contribution in [0.15, 0.2) is 59.5 Å². The molecule has 0 aliphatic heterocycles. The summed E-state index contributed by atoms with van der Waals surface area (Å²) in [5, 5.41) is 2.79. The number of anilines is 1. The fourth-order valence-electron chi connectivity index (χ4n) is 2.20. The molecule has 1 amide bonds. The quantitative estimate of drug-likeness (QED) is 0.659. The highest BCUT2D eigenvalue weighted by molar-refractivity contribution is 7.92. The van der Waals surface area contributed by atoms with E-state index in [1.54, 1.807) is 30.3 Å². The molecule has 0 spiro atoms. The van der Waals surface area contributed by atoms with E-state index in [0.29, 0.717) is 24.4 Å². The van der Waals surface area contributed by atoms with E-state index >= 15 is 0 Å². The van der Waals surface area contributed by atoms with Gasteiger partial charge in [-0.1, -0.05) is 18.2 Å². The Morgan fingerprint density at radius 3 is 2.31 bits per heavy atom. The fraction of sp³-hybridized carbons (Fsp3) is 0.316. The largest absolute Gasteiger partial charge is 0.379 e. The van der Waals surface area contributed by atoms with Crippen LogP contribution >= 0.6 is 0 Å². The zero-order valence-electron chi connectivity index (χ0n) is 14.9. The van der Waals surface area contributed by atoms with Gasteiger partial charge in [-0.2, -0.15) is 0 Å². The lowest BCUT2D eigenvalue weighted by atomic mass is 10.2. The molecule has 7 heteroatoms. The number of rotatable bonds is 9. The van der Waals surface area contributed by atoms with Gasteiger partial charge in [0.1, 0.15) is 0 Å². The summed E-state index contributed by atoms with van der Waals surface area (Å²) in [4.78, 5) is 12.2. The molecule has 2 aromatic rings. The molecular weight excluding hydrogens is 352 g/mol. The molecule has 0 heterocycles. The number of benzene rings is 2. The van der Waals surface area contributed by atoms with Crippen LogP contribution in [0.1, 0.15) is 30.6 Å². The third-order valence-corrected chi connectivity index (χ3v) is 4.91. The summed E-state index contributed by atoms with van der Waals surface area (Å²) in [6, 6.07) is 14.5. The maximum absolute atomic E-state index is 12.4. The molecular formula is C19H24N2O4S. The topological polar surface area (TPSA) is 84.5 Å². The molecule has 0 unspecified atom stereocenters. The summed E-state index contributed by atoms with van der Waals surface area (Å²) >= 11 is 0. The van der Waals surface area contributed by atoms with Gasteiger partial charge in [-0.3, -0.25) is 9.52 Å². The zero-order chi connectivity index (χ0) is 19.0. The van der Waals surface area contributed by atoms with E-state index in [0.717, 1.165) is 6.42 Å². The lowest BCUT2D eigenvalue weighted by Crippen LogP contribution is -2.25. The number of carbonyl (C=O) groups is 1. The zero-order valence-corrected chi connectivity index (χ0v) is 15.8. The van der Waals surface area contributed by atoms with Gasteiger partial charge in [-0.15, -0.1) is 0 Å². The smallest absolute Gasteiger partial charge is 0.261 e. The molecule has 2 N–H and O–H groups in total. The van der Waals surface area contributed by atoms with Gasteiger partial charge in [0.15, 0.2) is 0 Å². The van der Waals surface area contributed by atoms with Gasteiger partial charge in [0, 0.05) is 24.4 Å². The highest BCUT2D eigenvalue weighted by atomic mass is 32.2. The summed E-state index contributed by atoms with van der Waals surface area (Å²) in [5.41, 5.74) is 0.895. The van der Waals surface area contributed by atoms with Crippen LogP contribution in [0.4, 0.5) is 5.69 Å². The Morgan fingerprint density at radius 1 is 1.04 bits per heavy atom. The normalized spacial score (nSPS) is 11.3. The van der Waals surface area contributed by atoms with Gasteiger partial charge < -0.3 is 10.1 Å². The van der Waals surface area contributed by atoms with E-state index < -0.39 is 10.0 Å². The van der Waals surface area contributed by atoms with Crippen molar-refractivity contribution in [3.8, 4) is 0 Å². The number of hydrogen-bond acceptors (Lipinski definition) is 4. The summed E-state index contributed by atoms with van der Waals surface area (Å²) in [6.07, 6.45) is 0.891. The van der Waals surface area contributed by atoms with Crippen molar-refractivity contribution < 1.29 is 17.9 Å². The van der Waals surface area contributed by atoms with Crippen LogP contribution in [0.2, 0.25) is 0 Å². The van der Waals surface area contributed by atoms with Crippen molar-refractivity contribution in [1.29, 1.82) is 0 Å². The summed E-state index contributed by atoms with van der Waals surface area (Å²) < 4.78 is 32.6. The van der Waals surface area contributed by atoms with Gasteiger partial charge in [-0.05, 0) is 56.7 Å². The van der Waals surface area contributed by atoms with E-state index in [9.17, 15) is 13.2 Å². The molecule has 2 aromatic carbocycles. The van der Waals surface area contributed by atoms with Crippen molar-refractivity contribution in [2.75, 3.05) is 17.9 Å². The van der Waals surface area contributed by atoms with E-state index in [-0.39, 0.29) is 16.9 Å². The Bertz CT molecular complexity index is 803. The first-order chi connectivity index (χ1) is 12.4. The third-order valence-electron chi connectivity index (χ3n) is 3.51. The second-order valence-electron chi connectivity index (χ2n) is 6.02.